The van der Waals surface area contributed by atoms with Crippen molar-refractivity contribution in [2.75, 3.05) is 20.1 Å². The van der Waals surface area contributed by atoms with Crippen LogP contribution in [0.4, 0.5) is 0 Å². The Balaban J connectivity index is 1.89. The van der Waals surface area contributed by atoms with E-state index in [2.05, 4.69) is 5.32 Å². The SMILES string of the molecule is CN(CC(=O)NC1CC1)CC(=O)c1cc(Cl)ccc1Cl. The van der Waals surface area contributed by atoms with E-state index in [1.54, 1.807) is 30.1 Å². The molecule has 1 N–H and O–H groups in total. The van der Waals surface area contributed by atoms with Crippen LogP contribution in [0, 0.1) is 0 Å². The molecule has 1 fully saturated rings. The average Bonchev–Trinajstić information content (AvgIpc) is 3.15. The minimum atomic E-state index is -0.153. The van der Waals surface area contributed by atoms with Crippen LogP contribution in [0.25, 0.3) is 0 Å². The molecule has 0 saturated heterocycles. The number of halogens is 2. The second-order valence-corrected chi connectivity index (χ2v) is 5.91. The number of rotatable bonds is 6. The highest BCUT2D eigenvalue weighted by Gasteiger charge is 2.24. The molecule has 0 unspecified atom stereocenters. The molecule has 1 aromatic carbocycles. The van der Waals surface area contributed by atoms with Crippen molar-refractivity contribution in [1.82, 2.24) is 10.2 Å². The number of nitrogens with one attached hydrogen (secondary N) is 1. The molecule has 0 bridgehead atoms. The summed E-state index contributed by atoms with van der Waals surface area (Å²) in [6.07, 6.45) is 2.10. The summed E-state index contributed by atoms with van der Waals surface area (Å²) < 4.78 is 0. The van der Waals surface area contributed by atoms with Gasteiger partial charge in [0, 0.05) is 16.6 Å². The van der Waals surface area contributed by atoms with E-state index in [1.807, 2.05) is 0 Å². The number of carbonyl (C=O) groups excluding carboxylic acids is 2. The van der Waals surface area contributed by atoms with Crippen LogP contribution in [0.2, 0.25) is 10.0 Å². The maximum atomic E-state index is 12.1. The number of hydrogen-bond donors (Lipinski definition) is 1. The van der Waals surface area contributed by atoms with E-state index in [0.717, 1.165) is 12.8 Å². The molecule has 4 nitrogen and oxygen atoms in total. The molecule has 20 heavy (non-hydrogen) atoms. The van der Waals surface area contributed by atoms with Crippen molar-refractivity contribution in [2.24, 2.45) is 0 Å². The summed E-state index contributed by atoms with van der Waals surface area (Å²) >= 11 is 11.8. The standard InChI is InChI=1S/C14H16Cl2N2O2/c1-18(8-14(20)17-10-3-4-10)7-13(19)11-6-9(15)2-5-12(11)16/h2,5-6,10H,3-4,7-8H2,1H3,(H,17,20). The van der Waals surface area contributed by atoms with Gasteiger partial charge in [-0.25, -0.2) is 0 Å². The topological polar surface area (TPSA) is 49.4 Å². The largest absolute Gasteiger partial charge is 0.352 e. The lowest BCUT2D eigenvalue weighted by molar-refractivity contribution is -0.121. The Kier molecular flexibility index (Phi) is 5.02. The van der Waals surface area contributed by atoms with Crippen molar-refractivity contribution in [3.63, 3.8) is 0 Å². The van der Waals surface area contributed by atoms with E-state index in [4.69, 9.17) is 23.2 Å². The first kappa shape index (κ1) is 15.3. The van der Waals surface area contributed by atoms with Gasteiger partial charge < -0.3 is 5.32 Å². The molecule has 1 aliphatic carbocycles. The zero-order valence-electron chi connectivity index (χ0n) is 11.2. The van der Waals surface area contributed by atoms with E-state index in [1.165, 1.54) is 0 Å². The first-order chi connectivity index (χ1) is 9.45. The Morgan fingerprint density at radius 3 is 2.65 bits per heavy atom. The lowest BCUT2D eigenvalue weighted by Crippen LogP contribution is -2.38. The van der Waals surface area contributed by atoms with Gasteiger partial charge in [0.15, 0.2) is 5.78 Å². The highest BCUT2D eigenvalue weighted by atomic mass is 35.5. The monoisotopic (exact) mass is 314 g/mol. The third-order valence-corrected chi connectivity index (χ3v) is 3.56. The minimum Gasteiger partial charge on any atom is -0.352 e. The molecule has 6 heteroatoms. The van der Waals surface area contributed by atoms with E-state index in [-0.39, 0.29) is 24.8 Å². The number of amides is 1. The zero-order chi connectivity index (χ0) is 14.7. The molecule has 0 aromatic heterocycles. The first-order valence-corrected chi connectivity index (χ1v) is 7.17. The maximum absolute atomic E-state index is 12.1. The lowest BCUT2D eigenvalue weighted by atomic mass is 10.1. The predicted octanol–water partition coefficient (Wildman–Crippen LogP) is 2.39. The quantitative estimate of drug-likeness (QED) is 0.820. The molecular weight excluding hydrogens is 299 g/mol. The summed E-state index contributed by atoms with van der Waals surface area (Å²) in [7, 11) is 1.73. The zero-order valence-corrected chi connectivity index (χ0v) is 12.7. The third kappa shape index (κ3) is 4.47. The van der Waals surface area contributed by atoms with Crippen molar-refractivity contribution in [3.05, 3.63) is 33.8 Å². The van der Waals surface area contributed by atoms with E-state index < -0.39 is 0 Å². The average molecular weight is 315 g/mol. The molecule has 0 spiro atoms. The van der Waals surface area contributed by atoms with Crippen molar-refractivity contribution in [2.45, 2.75) is 18.9 Å². The minimum absolute atomic E-state index is 0.0556. The van der Waals surface area contributed by atoms with Gasteiger partial charge >= 0.3 is 0 Å². The van der Waals surface area contributed by atoms with Gasteiger partial charge in [-0.2, -0.15) is 0 Å². The molecule has 108 valence electrons. The van der Waals surface area contributed by atoms with E-state index in [0.29, 0.717) is 21.7 Å². The van der Waals surface area contributed by atoms with Gasteiger partial charge in [0.25, 0.3) is 0 Å². The summed E-state index contributed by atoms with van der Waals surface area (Å²) in [6, 6.07) is 5.10. The Labute approximate surface area is 128 Å². The second kappa shape index (κ2) is 6.57. The van der Waals surface area contributed by atoms with Crippen molar-refractivity contribution < 1.29 is 9.59 Å². The first-order valence-electron chi connectivity index (χ1n) is 6.42. The Morgan fingerprint density at radius 2 is 2.00 bits per heavy atom. The van der Waals surface area contributed by atoms with Crippen LogP contribution < -0.4 is 5.32 Å². The van der Waals surface area contributed by atoms with Crippen LogP contribution in [-0.2, 0) is 4.79 Å². The molecule has 1 aromatic rings. The van der Waals surface area contributed by atoms with Crippen molar-refractivity contribution >= 4 is 34.9 Å². The molecule has 2 rings (SSSR count). The normalized spacial score (nSPS) is 14.4. The summed E-state index contributed by atoms with van der Waals surface area (Å²) in [5.41, 5.74) is 0.383. The summed E-state index contributed by atoms with van der Waals surface area (Å²) in [6.45, 7) is 0.318. The molecule has 1 amide bonds. The maximum Gasteiger partial charge on any atom is 0.234 e. The van der Waals surface area contributed by atoms with Crippen LogP contribution in [-0.4, -0.2) is 42.8 Å². The van der Waals surface area contributed by atoms with Gasteiger partial charge in [0.05, 0.1) is 18.1 Å². The fraction of sp³-hybridized carbons (Fsp3) is 0.429. The van der Waals surface area contributed by atoms with Crippen LogP contribution in [0.1, 0.15) is 23.2 Å². The van der Waals surface area contributed by atoms with Gasteiger partial charge in [0.2, 0.25) is 5.91 Å². The highest BCUT2D eigenvalue weighted by molar-refractivity contribution is 6.36. The van der Waals surface area contributed by atoms with Crippen LogP contribution in [0.3, 0.4) is 0 Å². The van der Waals surface area contributed by atoms with E-state index in [9.17, 15) is 9.59 Å². The third-order valence-electron chi connectivity index (χ3n) is 3.00. The smallest absolute Gasteiger partial charge is 0.234 e. The number of hydrogen-bond acceptors (Lipinski definition) is 3. The fourth-order valence-corrected chi connectivity index (χ4v) is 2.24. The number of carbonyl (C=O) groups is 2. The number of benzene rings is 1. The molecule has 1 aliphatic rings. The Morgan fingerprint density at radius 1 is 1.30 bits per heavy atom. The van der Waals surface area contributed by atoms with Crippen LogP contribution >= 0.6 is 23.2 Å². The van der Waals surface area contributed by atoms with Gasteiger partial charge in [-0.1, -0.05) is 23.2 Å². The predicted molar refractivity (Wildman–Crippen MR) is 79.5 cm³/mol. The van der Waals surface area contributed by atoms with Crippen LogP contribution in [0.5, 0.6) is 0 Å². The van der Waals surface area contributed by atoms with Gasteiger partial charge in [-0.05, 0) is 38.1 Å². The molecule has 0 aliphatic heterocycles. The summed E-state index contributed by atoms with van der Waals surface area (Å²) in [4.78, 5) is 25.4. The molecule has 0 heterocycles. The summed E-state index contributed by atoms with van der Waals surface area (Å²) in [5.74, 6) is -0.209. The Bertz CT molecular complexity index is 530. The second-order valence-electron chi connectivity index (χ2n) is 5.06. The fourth-order valence-electron chi connectivity index (χ4n) is 1.84. The Hall–Kier alpha value is -1.10. The van der Waals surface area contributed by atoms with Gasteiger partial charge in [-0.15, -0.1) is 0 Å². The van der Waals surface area contributed by atoms with E-state index >= 15 is 0 Å². The van der Waals surface area contributed by atoms with Crippen molar-refractivity contribution in [3.8, 4) is 0 Å². The molecule has 0 radical (unpaired) electrons. The van der Waals surface area contributed by atoms with Crippen LogP contribution in [0.15, 0.2) is 18.2 Å². The molecule has 1 saturated carbocycles. The summed E-state index contributed by atoms with van der Waals surface area (Å²) in [5, 5.41) is 3.71. The lowest BCUT2D eigenvalue weighted by Gasteiger charge is -2.15. The number of nitrogens with zero attached hydrogens (tertiary/aromatic N) is 1. The van der Waals surface area contributed by atoms with Gasteiger partial charge in [0.1, 0.15) is 0 Å². The molecular formula is C14H16Cl2N2O2. The number of Topliss-reactive ketones (excluding diaryl/α,β-unsaturated/α-hetero) is 1. The molecule has 0 atom stereocenters. The number of likely N-dealkylation sites (N-methyl/N-ethyl adjacent to an activating group) is 1. The van der Waals surface area contributed by atoms with Gasteiger partial charge in [-0.3, -0.25) is 14.5 Å². The van der Waals surface area contributed by atoms with Crippen molar-refractivity contribution in [1.29, 1.82) is 0 Å². The number of ketones is 1. The highest BCUT2D eigenvalue weighted by Crippen LogP contribution is 2.21.